The maximum absolute atomic E-state index is 11.6. The van der Waals surface area contributed by atoms with Crippen molar-refractivity contribution in [2.24, 2.45) is 10.4 Å². The SMILES string of the molecule is CN=C(NCCC(=O)N(C)C)NCC1(CCOC)CCCC1.I. The lowest BCUT2D eigenvalue weighted by molar-refractivity contribution is -0.128. The minimum Gasteiger partial charge on any atom is -0.385 e. The van der Waals surface area contributed by atoms with Gasteiger partial charge in [-0.05, 0) is 24.7 Å². The quantitative estimate of drug-likeness (QED) is 0.344. The van der Waals surface area contributed by atoms with Crippen molar-refractivity contribution in [2.75, 3.05) is 47.9 Å². The molecule has 136 valence electrons. The minimum absolute atomic E-state index is 0. The number of ether oxygens (including phenoxy) is 1. The normalized spacial score (nSPS) is 16.6. The first-order valence-corrected chi connectivity index (χ1v) is 8.16. The predicted molar refractivity (Wildman–Crippen MR) is 105 cm³/mol. The molecule has 23 heavy (non-hydrogen) atoms. The lowest BCUT2D eigenvalue weighted by Gasteiger charge is -2.30. The van der Waals surface area contributed by atoms with Crippen LogP contribution in [-0.4, -0.2) is 64.7 Å². The smallest absolute Gasteiger partial charge is 0.223 e. The Balaban J connectivity index is 0.00000484. The highest BCUT2D eigenvalue weighted by molar-refractivity contribution is 14.0. The van der Waals surface area contributed by atoms with Crippen molar-refractivity contribution >= 4 is 35.8 Å². The van der Waals surface area contributed by atoms with Crippen LogP contribution in [0.3, 0.4) is 0 Å². The third-order valence-corrected chi connectivity index (χ3v) is 4.49. The van der Waals surface area contributed by atoms with Crippen molar-refractivity contribution < 1.29 is 9.53 Å². The molecule has 1 aliphatic carbocycles. The number of nitrogens with one attached hydrogen (secondary N) is 2. The Bertz CT molecular complexity index is 369. The van der Waals surface area contributed by atoms with Crippen molar-refractivity contribution in [1.82, 2.24) is 15.5 Å². The molecule has 0 aliphatic heterocycles. The van der Waals surface area contributed by atoms with Gasteiger partial charge in [-0.1, -0.05) is 12.8 Å². The summed E-state index contributed by atoms with van der Waals surface area (Å²) >= 11 is 0. The van der Waals surface area contributed by atoms with Crippen LogP contribution in [0.4, 0.5) is 0 Å². The highest BCUT2D eigenvalue weighted by Gasteiger charge is 2.33. The molecule has 0 saturated heterocycles. The van der Waals surface area contributed by atoms with E-state index in [1.807, 2.05) is 0 Å². The minimum atomic E-state index is 0. The van der Waals surface area contributed by atoms with Crippen LogP contribution in [0.25, 0.3) is 0 Å². The van der Waals surface area contributed by atoms with Gasteiger partial charge in [0, 0.05) is 54.4 Å². The van der Waals surface area contributed by atoms with E-state index in [0.29, 0.717) is 18.4 Å². The fraction of sp³-hybridized carbons (Fsp3) is 0.875. The van der Waals surface area contributed by atoms with Gasteiger partial charge in [-0.2, -0.15) is 0 Å². The topological polar surface area (TPSA) is 66.0 Å². The Morgan fingerprint density at radius 2 is 1.91 bits per heavy atom. The van der Waals surface area contributed by atoms with Crippen molar-refractivity contribution in [3.63, 3.8) is 0 Å². The van der Waals surface area contributed by atoms with Gasteiger partial charge < -0.3 is 20.3 Å². The molecule has 1 saturated carbocycles. The first kappa shape index (κ1) is 22.4. The number of nitrogens with zero attached hydrogens (tertiary/aromatic N) is 2. The van der Waals surface area contributed by atoms with Crippen LogP contribution >= 0.6 is 24.0 Å². The molecular formula is C16H33IN4O2. The Hall–Kier alpha value is -0.570. The summed E-state index contributed by atoms with van der Waals surface area (Å²) in [7, 11) is 7.07. The summed E-state index contributed by atoms with van der Waals surface area (Å²) in [5.74, 6) is 0.894. The molecule has 0 atom stereocenters. The van der Waals surface area contributed by atoms with E-state index < -0.39 is 0 Å². The number of carbonyl (C=O) groups excluding carboxylic acids is 1. The largest absolute Gasteiger partial charge is 0.385 e. The van der Waals surface area contributed by atoms with Crippen molar-refractivity contribution in [2.45, 2.75) is 38.5 Å². The van der Waals surface area contributed by atoms with Crippen LogP contribution in [0.5, 0.6) is 0 Å². The zero-order valence-electron chi connectivity index (χ0n) is 15.0. The van der Waals surface area contributed by atoms with Crippen LogP contribution in [0.1, 0.15) is 38.5 Å². The Labute approximate surface area is 157 Å². The first-order valence-electron chi connectivity index (χ1n) is 8.16. The van der Waals surface area contributed by atoms with Gasteiger partial charge in [-0.3, -0.25) is 9.79 Å². The molecule has 0 bridgehead atoms. The summed E-state index contributed by atoms with van der Waals surface area (Å²) in [6, 6.07) is 0. The van der Waals surface area contributed by atoms with Gasteiger partial charge in [0.05, 0.1) is 0 Å². The summed E-state index contributed by atoms with van der Waals surface area (Å²) in [6.45, 7) is 2.32. The van der Waals surface area contributed by atoms with Crippen LogP contribution in [0.2, 0.25) is 0 Å². The predicted octanol–water partition coefficient (Wildman–Crippen LogP) is 1.84. The van der Waals surface area contributed by atoms with Crippen LogP contribution < -0.4 is 10.6 Å². The molecule has 0 radical (unpaired) electrons. The van der Waals surface area contributed by atoms with E-state index in [2.05, 4.69) is 15.6 Å². The first-order chi connectivity index (χ1) is 10.5. The maximum Gasteiger partial charge on any atom is 0.223 e. The van der Waals surface area contributed by atoms with Gasteiger partial charge in [0.2, 0.25) is 5.91 Å². The van der Waals surface area contributed by atoms with E-state index in [4.69, 9.17) is 4.74 Å². The number of hydrogen-bond acceptors (Lipinski definition) is 3. The summed E-state index contributed by atoms with van der Waals surface area (Å²) in [6.07, 6.45) is 6.66. The highest BCUT2D eigenvalue weighted by atomic mass is 127. The average Bonchev–Trinajstić information content (AvgIpc) is 2.97. The van der Waals surface area contributed by atoms with Crippen LogP contribution in [0.15, 0.2) is 4.99 Å². The van der Waals surface area contributed by atoms with Crippen LogP contribution in [-0.2, 0) is 9.53 Å². The van der Waals surface area contributed by atoms with E-state index in [1.54, 1.807) is 33.2 Å². The summed E-state index contributed by atoms with van der Waals surface area (Å²) in [4.78, 5) is 17.4. The fourth-order valence-corrected chi connectivity index (χ4v) is 2.96. The molecule has 0 aromatic heterocycles. The molecule has 1 fully saturated rings. The fourth-order valence-electron chi connectivity index (χ4n) is 2.96. The van der Waals surface area contributed by atoms with Crippen molar-refractivity contribution in [1.29, 1.82) is 0 Å². The Morgan fingerprint density at radius 1 is 1.26 bits per heavy atom. The third-order valence-electron chi connectivity index (χ3n) is 4.49. The number of hydrogen-bond donors (Lipinski definition) is 2. The van der Waals surface area contributed by atoms with E-state index in [0.717, 1.165) is 25.5 Å². The molecule has 2 N–H and O–H groups in total. The average molecular weight is 440 g/mol. The number of carbonyl (C=O) groups is 1. The third kappa shape index (κ3) is 8.19. The zero-order chi connectivity index (χ0) is 16.4. The van der Waals surface area contributed by atoms with Crippen LogP contribution in [0, 0.1) is 5.41 Å². The summed E-state index contributed by atoms with van der Waals surface area (Å²) in [5.41, 5.74) is 0.326. The van der Waals surface area contributed by atoms with Gasteiger partial charge in [-0.25, -0.2) is 0 Å². The van der Waals surface area contributed by atoms with Gasteiger partial charge in [0.1, 0.15) is 0 Å². The molecule has 1 aliphatic rings. The number of rotatable bonds is 8. The lowest BCUT2D eigenvalue weighted by atomic mass is 9.83. The van der Waals surface area contributed by atoms with Gasteiger partial charge in [0.15, 0.2) is 5.96 Å². The molecule has 6 nitrogen and oxygen atoms in total. The molecule has 0 aromatic rings. The molecule has 0 unspecified atom stereocenters. The van der Waals surface area contributed by atoms with E-state index in [1.165, 1.54) is 25.7 Å². The number of aliphatic imine (C=N–C) groups is 1. The number of halogens is 1. The lowest BCUT2D eigenvalue weighted by Crippen LogP contribution is -2.44. The summed E-state index contributed by atoms with van der Waals surface area (Å²) in [5, 5.41) is 6.64. The molecule has 0 spiro atoms. The van der Waals surface area contributed by atoms with E-state index in [9.17, 15) is 4.79 Å². The second-order valence-electron chi connectivity index (χ2n) is 6.34. The second-order valence-corrected chi connectivity index (χ2v) is 6.34. The maximum atomic E-state index is 11.6. The summed E-state index contributed by atoms with van der Waals surface area (Å²) < 4.78 is 5.26. The Kier molecular flexibility index (Phi) is 11.6. The molecule has 1 amide bonds. The Morgan fingerprint density at radius 3 is 2.43 bits per heavy atom. The number of methoxy groups -OCH3 is 1. The monoisotopic (exact) mass is 440 g/mol. The molecule has 7 heteroatoms. The molecule has 0 aromatic carbocycles. The molecule has 0 heterocycles. The number of amides is 1. The van der Waals surface area contributed by atoms with Gasteiger partial charge in [-0.15, -0.1) is 24.0 Å². The van der Waals surface area contributed by atoms with Crippen molar-refractivity contribution in [3.8, 4) is 0 Å². The molecule has 1 rings (SSSR count). The van der Waals surface area contributed by atoms with Gasteiger partial charge in [0.25, 0.3) is 0 Å². The van der Waals surface area contributed by atoms with E-state index in [-0.39, 0.29) is 29.9 Å². The molecular weight excluding hydrogens is 407 g/mol. The van der Waals surface area contributed by atoms with Crippen molar-refractivity contribution in [3.05, 3.63) is 0 Å². The standard InChI is InChI=1S/C16H32N4O2.HI/c1-17-15(18-11-7-14(21)20(2)3)19-13-16(10-12-22-4)8-5-6-9-16;/h5-13H2,1-4H3,(H2,17,18,19);1H. The van der Waals surface area contributed by atoms with E-state index >= 15 is 0 Å². The second kappa shape index (κ2) is 11.9. The zero-order valence-corrected chi connectivity index (χ0v) is 17.3. The highest BCUT2D eigenvalue weighted by Crippen LogP contribution is 2.40. The van der Waals surface area contributed by atoms with Gasteiger partial charge >= 0.3 is 0 Å². The number of guanidine groups is 1.